The Bertz CT molecular complexity index is 1290. The minimum absolute atomic E-state index is 0.159. The quantitative estimate of drug-likeness (QED) is 0.507. The van der Waals surface area contributed by atoms with Gasteiger partial charge in [-0.1, -0.05) is 49.6 Å². The molecule has 5 rings (SSSR count). The van der Waals surface area contributed by atoms with E-state index in [1.54, 1.807) is 17.0 Å². The smallest absolute Gasteiger partial charge is 0.339 e. The number of esters is 1. The predicted molar refractivity (Wildman–Crippen MR) is 136 cm³/mol. The van der Waals surface area contributed by atoms with Crippen molar-refractivity contribution in [2.24, 2.45) is 0 Å². The summed E-state index contributed by atoms with van der Waals surface area (Å²) < 4.78 is 5.60. The van der Waals surface area contributed by atoms with Gasteiger partial charge >= 0.3 is 5.97 Å². The van der Waals surface area contributed by atoms with Crippen molar-refractivity contribution in [2.75, 3.05) is 13.7 Å². The number of para-hydroxylation sites is 1. The number of likely N-dealkylation sites (N-methyl/N-ethyl adjacent to an activating group) is 1. The molecule has 0 aliphatic heterocycles. The van der Waals surface area contributed by atoms with Crippen molar-refractivity contribution >= 4 is 34.4 Å². The van der Waals surface area contributed by atoms with Crippen molar-refractivity contribution in [3.8, 4) is 5.75 Å². The lowest BCUT2D eigenvalue weighted by molar-refractivity contribution is -0.135. The molecule has 0 unspecified atom stereocenters. The van der Waals surface area contributed by atoms with Gasteiger partial charge in [0, 0.05) is 18.5 Å². The Morgan fingerprint density at radius 2 is 1.80 bits per heavy atom. The third-order valence-corrected chi connectivity index (χ3v) is 7.22. The Hall–Kier alpha value is -3.67. The minimum atomic E-state index is -0.476. The Labute approximate surface area is 205 Å². The number of pyridine rings is 1. The van der Waals surface area contributed by atoms with Crippen LogP contribution in [0.4, 0.5) is 0 Å². The zero-order chi connectivity index (χ0) is 24.4. The van der Waals surface area contributed by atoms with E-state index in [0.717, 1.165) is 65.4 Å². The summed E-state index contributed by atoms with van der Waals surface area (Å²) in [6.07, 6.45) is 8.99. The summed E-state index contributed by atoms with van der Waals surface area (Å²) in [4.78, 5) is 32.7. The van der Waals surface area contributed by atoms with Gasteiger partial charge < -0.3 is 14.7 Å². The standard InChI is InChI=1S/C29H30N2O4/c1-31(21-7-3-2-4-8-21)26(33)18-35-29(34)27-23-9-5-6-10-25(23)30-28-20(13-16-24(27)28)17-19-11-14-22(32)15-12-19/h5-6,9-12,14-15,17,21,32H,2-4,7-8,13,16,18H2,1H3/b20-17+. The molecule has 0 saturated heterocycles. The Kier molecular flexibility index (Phi) is 6.53. The molecule has 2 aromatic carbocycles. The van der Waals surface area contributed by atoms with Gasteiger partial charge in [-0.25, -0.2) is 9.78 Å². The highest BCUT2D eigenvalue weighted by atomic mass is 16.5. The first-order valence-corrected chi connectivity index (χ1v) is 12.4. The van der Waals surface area contributed by atoms with Gasteiger partial charge in [-0.2, -0.15) is 0 Å². The molecule has 3 aromatic rings. The van der Waals surface area contributed by atoms with Crippen molar-refractivity contribution < 1.29 is 19.4 Å². The second-order valence-electron chi connectivity index (χ2n) is 9.46. The van der Waals surface area contributed by atoms with Gasteiger partial charge in [-0.3, -0.25) is 4.79 Å². The van der Waals surface area contributed by atoms with E-state index >= 15 is 0 Å². The van der Waals surface area contributed by atoms with Crippen LogP contribution in [-0.2, 0) is 16.0 Å². The number of phenolic OH excluding ortho intramolecular Hbond substituents is 1. The van der Waals surface area contributed by atoms with E-state index in [4.69, 9.17) is 9.72 Å². The molecule has 1 heterocycles. The number of rotatable bonds is 5. The summed E-state index contributed by atoms with van der Waals surface area (Å²) in [7, 11) is 1.81. The fraction of sp³-hybridized carbons (Fsp3) is 0.345. The highest BCUT2D eigenvalue weighted by Crippen LogP contribution is 2.38. The number of amides is 1. The van der Waals surface area contributed by atoms with Crippen molar-refractivity contribution in [3.05, 3.63) is 70.9 Å². The summed E-state index contributed by atoms with van der Waals surface area (Å²) in [5, 5.41) is 10.3. The predicted octanol–water partition coefficient (Wildman–Crippen LogP) is 5.38. The van der Waals surface area contributed by atoms with Crippen LogP contribution in [0.25, 0.3) is 22.6 Å². The van der Waals surface area contributed by atoms with Crippen LogP contribution in [-0.4, -0.2) is 46.6 Å². The first-order chi connectivity index (χ1) is 17.0. The molecule has 1 amide bonds. The maximum atomic E-state index is 13.4. The fourth-order valence-electron chi connectivity index (χ4n) is 5.26. The lowest BCUT2D eigenvalue weighted by Gasteiger charge is -2.31. The molecular formula is C29H30N2O4. The SMILES string of the molecule is CN(C(=O)COC(=O)c1c2c(nc3ccccc13)/C(=C/c1ccc(O)cc1)CC2)C1CCCCC1. The molecule has 1 fully saturated rings. The van der Waals surface area contributed by atoms with Gasteiger partial charge in [-0.15, -0.1) is 0 Å². The van der Waals surface area contributed by atoms with E-state index in [-0.39, 0.29) is 24.3 Å². The first-order valence-electron chi connectivity index (χ1n) is 12.4. The van der Waals surface area contributed by atoms with Crippen LogP contribution < -0.4 is 0 Å². The van der Waals surface area contributed by atoms with Crippen molar-refractivity contribution in [3.63, 3.8) is 0 Å². The average molecular weight is 471 g/mol. The third-order valence-electron chi connectivity index (χ3n) is 7.22. The molecule has 1 aromatic heterocycles. The highest BCUT2D eigenvalue weighted by molar-refractivity contribution is 6.07. The second-order valence-corrected chi connectivity index (χ2v) is 9.46. The first kappa shape index (κ1) is 23.1. The zero-order valence-electron chi connectivity index (χ0n) is 20.0. The van der Waals surface area contributed by atoms with Crippen molar-refractivity contribution in [1.82, 2.24) is 9.88 Å². The summed E-state index contributed by atoms with van der Waals surface area (Å²) in [5.74, 6) is -0.416. The van der Waals surface area contributed by atoms with Gasteiger partial charge in [-0.05, 0) is 66.7 Å². The van der Waals surface area contributed by atoms with Gasteiger partial charge in [0.2, 0.25) is 0 Å². The summed E-state index contributed by atoms with van der Waals surface area (Å²) in [6, 6.07) is 14.8. The molecule has 0 spiro atoms. The molecule has 0 bridgehead atoms. The van der Waals surface area contributed by atoms with Crippen LogP contribution in [0.2, 0.25) is 0 Å². The van der Waals surface area contributed by atoms with E-state index in [2.05, 4.69) is 0 Å². The maximum absolute atomic E-state index is 13.4. The van der Waals surface area contributed by atoms with Gasteiger partial charge in [0.05, 0.1) is 16.8 Å². The van der Waals surface area contributed by atoms with Crippen LogP contribution >= 0.6 is 0 Å². The van der Waals surface area contributed by atoms with Gasteiger partial charge in [0.15, 0.2) is 6.61 Å². The number of phenols is 1. The maximum Gasteiger partial charge on any atom is 0.339 e. The largest absolute Gasteiger partial charge is 0.508 e. The van der Waals surface area contributed by atoms with E-state index in [0.29, 0.717) is 12.0 Å². The van der Waals surface area contributed by atoms with Crippen molar-refractivity contribution in [1.29, 1.82) is 0 Å². The lowest BCUT2D eigenvalue weighted by Crippen LogP contribution is -2.40. The molecule has 35 heavy (non-hydrogen) atoms. The molecule has 2 aliphatic rings. The number of hydrogen-bond donors (Lipinski definition) is 1. The van der Waals surface area contributed by atoms with Gasteiger partial charge in [0.25, 0.3) is 5.91 Å². The number of carbonyl (C=O) groups is 2. The molecule has 1 saturated carbocycles. The molecule has 0 radical (unpaired) electrons. The number of aromatic nitrogens is 1. The van der Waals surface area contributed by atoms with Gasteiger partial charge in [0.1, 0.15) is 5.75 Å². The molecule has 0 atom stereocenters. The minimum Gasteiger partial charge on any atom is -0.508 e. The zero-order valence-corrected chi connectivity index (χ0v) is 20.0. The number of benzene rings is 2. The number of fused-ring (bicyclic) bond motifs is 2. The average Bonchev–Trinajstić information content (AvgIpc) is 3.28. The van der Waals surface area contributed by atoms with Crippen LogP contribution in [0.5, 0.6) is 5.75 Å². The van der Waals surface area contributed by atoms with E-state index in [9.17, 15) is 14.7 Å². The fourth-order valence-corrected chi connectivity index (χ4v) is 5.26. The van der Waals surface area contributed by atoms with E-state index < -0.39 is 5.97 Å². The Morgan fingerprint density at radius 1 is 1.06 bits per heavy atom. The Morgan fingerprint density at radius 3 is 2.57 bits per heavy atom. The summed E-state index contributed by atoms with van der Waals surface area (Å²) >= 11 is 0. The molecule has 6 nitrogen and oxygen atoms in total. The number of aromatic hydroxyl groups is 1. The third kappa shape index (κ3) is 4.78. The number of hydrogen-bond acceptors (Lipinski definition) is 5. The number of nitrogens with zero attached hydrogens (tertiary/aromatic N) is 2. The van der Waals surface area contributed by atoms with E-state index in [1.807, 2.05) is 49.5 Å². The molecule has 2 aliphatic carbocycles. The number of allylic oxidation sites excluding steroid dienone is 1. The van der Waals surface area contributed by atoms with E-state index in [1.165, 1.54) is 6.42 Å². The molecule has 1 N–H and O–H groups in total. The summed E-state index contributed by atoms with van der Waals surface area (Å²) in [5.41, 5.74) is 4.90. The molecule has 180 valence electrons. The van der Waals surface area contributed by atoms with Crippen LogP contribution in [0.1, 0.15) is 65.7 Å². The monoisotopic (exact) mass is 470 g/mol. The number of carbonyl (C=O) groups excluding carboxylic acids is 2. The highest BCUT2D eigenvalue weighted by Gasteiger charge is 2.29. The van der Waals surface area contributed by atoms with Crippen LogP contribution in [0.3, 0.4) is 0 Å². The van der Waals surface area contributed by atoms with Crippen molar-refractivity contribution in [2.45, 2.75) is 51.0 Å². The lowest BCUT2D eigenvalue weighted by atomic mass is 9.94. The molecule has 6 heteroatoms. The Balaban J connectivity index is 1.42. The topological polar surface area (TPSA) is 79.7 Å². The summed E-state index contributed by atoms with van der Waals surface area (Å²) in [6.45, 7) is -0.256. The number of ether oxygens (including phenoxy) is 1. The van der Waals surface area contributed by atoms with Crippen LogP contribution in [0, 0.1) is 0 Å². The van der Waals surface area contributed by atoms with Crippen LogP contribution in [0.15, 0.2) is 48.5 Å². The second kappa shape index (κ2) is 9.90. The molecular weight excluding hydrogens is 440 g/mol. The normalized spacial score (nSPS) is 16.9.